The third kappa shape index (κ3) is 4.74. The molecule has 0 radical (unpaired) electrons. The molecule has 8 heteroatoms. The summed E-state index contributed by atoms with van der Waals surface area (Å²) < 4.78 is 0. The third-order valence-electron chi connectivity index (χ3n) is 1.95. The van der Waals surface area contributed by atoms with Gasteiger partial charge in [0.05, 0.1) is 38.9 Å². The number of aliphatic hydroxyl groups is 1. The predicted octanol–water partition coefficient (Wildman–Crippen LogP) is 2.58. The fourth-order valence-corrected chi connectivity index (χ4v) is 3.38. The van der Waals surface area contributed by atoms with Crippen molar-refractivity contribution in [3.63, 3.8) is 0 Å². The van der Waals surface area contributed by atoms with Gasteiger partial charge in [0.15, 0.2) is 0 Å². The minimum atomic E-state index is -0.437. The molecule has 0 atom stereocenters. The smallest absolute Gasteiger partial charge is 0.0693 e. The van der Waals surface area contributed by atoms with Crippen molar-refractivity contribution in [1.82, 2.24) is 0 Å². The van der Waals surface area contributed by atoms with Crippen LogP contribution in [0, 0.1) is 0 Å². The van der Waals surface area contributed by atoms with E-state index in [2.05, 4.69) is 0 Å². The second-order valence-electron chi connectivity index (χ2n) is 3.18. The molecular weight excluding hydrogens is 339 g/mol. The van der Waals surface area contributed by atoms with Crippen molar-refractivity contribution >= 4 is 69.6 Å². The highest BCUT2D eigenvalue weighted by atomic mass is 35.5. The van der Waals surface area contributed by atoms with Crippen molar-refractivity contribution in [3.05, 3.63) is 0 Å². The summed E-state index contributed by atoms with van der Waals surface area (Å²) in [6.07, 6.45) is 0. The summed E-state index contributed by atoms with van der Waals surface area (Å²) in [5, 5.41) is 5.13. The molecule has 0 aromatic rings. The first-order valence-corrected chi connectivity index (χ1v) is 7.15. The Hall–Kier alpha value is 1.66. The number of nitrogens with two attached hydrogens (primary N) is 1. The molecule has 16 heavy (non-hydrogen) atoms. The maximum atomic E-state index is 7.75. The molecule has 0 unspecified atom stereocenters. The van der Waals surface area contributed by atoms with E-state index in [-0.39, 0.29) is 6.61 Å². The van der Waals surface area contributed by atoms with E-state index in [9.17, 15) is 0 Å². The molecule has 1 aliphatic carbocycles. The van der Waals surface area contributed by atoms with Gasteiger partial charge in [-0.15, -0.1) is 69.6 Å². The van der Waals surface area contributed by atoms with E-state index < -0.39 is 32.3 Å². The third-order valence-corrected chi connectivity index (χ3v) is 5.99. The maximum Gasteiger partial charge on any atom is 0.0693 e. The molecule has 3 N–H and O–H groups in total. The summed E-state index contributed by atoms with van der Waals surface area (Å²) in [6.45, 7) is 0.472. The van der Waals surface area contributed by atoms with Crippen LogP contribution in [0.4, 0.5) is 0 Å². The number of aliphatic hydroxyl groups excluding tert-OH is 1. The first-order valence-electron chi connectivity index (χ1n) is 4.53. The highest BCUT2D eigenvalue weighted by Gasteiger charge is 2.46. The molecule has 1 saturated carbocycles. The number of alkyl halides is 6. The first kappa shape index (κ1) is 17.7. The van der Waals surface area contributed by atoms with Gasteiger partial charge in [-0.1, -0.05) is 0 Å². The van der Waals surface area contributed by atoms with Crippen molar-refractivity contribution in [2.75, 3.05) is 13.2 Å². The van der Waals surface area contributed by atoms with E-state index >= 15 is 0 Å². The Balaban J connectivity index is 0.000000487. The monoisotopic (exact) mass is 349 g/mol. The van der Waals surface area contributed by atoms with Crippen LogP contribution in [-0.4, -0.2) is 50.5 Å². The number of hydrogen-bond acceptors (Lipinski definition) is 2. The SMILES string of the molecule is ClC1C(Cl)C(Cl)C(Cl)C(Cl)C1Cl.NCCO. The van der Waals surface area contributed by atoms with Crippen LogP contribution < -0.4 is 5.73 Å². The average Bonchev–Trinajstić information content (AvgIpc) is 2.31. The number of hydrogen-bond donors (Lipinski definition) is 2. The summed E-state index contributed by atoms with van der Waals surface area (Å²) in [4.78, 5) is 0. The molecule has 0 spiro atoms. The Morgan fingerprint density at radius 1 is 0.688 bits per heavy atom. The van der Waals surface area contributed by atoms with Crippen LogP contribution in [0.3, 0.4) is 0 Å². The van der Waals surface area contributed by atoms with Gasteiger partial charge in [-0.05, 0) is 0 Å². The van der Waals surface area contributed by atoms with Crippen molar-refractivity contribution in [2.24, 2.45) is 5.73 Å². The van der Waals surface area contributed by atoms with E-state index in [1.165, 1.54) is 0 Å². The van der Waals surface area contributed by atoms with E-state index in [0.29, 0.717) is 6.54 Å². The van der Waals surface area contributed by atoms with Gasteiger partial charge < -0.3 is 10.8 Å². The van der Waals surface area contributed by atoms with Crippen LogP contribution in [0.1, 0.15) is 0 Å². The molecule has 0 heterocycles. The van der Waals surface area contributed by atoms with Gasteiger partial charge in [0.25, 0.3) is 0 Å². The largest absolute Gasteiger partial charge is 0.395 e. The van der Waals surface area contributed by atoms with E-state index in [1.807, 2.05) is 0 Å². The van der Waals surface area contributed by atoms with Gasteiger partial charge in [0.2, 0.25) is 0 Å². The van der Waals surface area contributed by atoms with Crippen LogP contribution in [0.2, 0.25) is 0 Å². The Labute approximate surface area is 125 Å². The van der Waals surface area contributed by atoms with Gasteiger partial charge in [0, 0.05) is 6.54 Å². The molecule has 1 fully saturated rings. The molecular formula is C8H13Cl6NO. The van der Waals surface area contributed by atoms with Crippen LogP contribution >= 0.6 is 69.6 Å². The zero-order chi connectivity index (χ0) is 12.9. The topological polar surface area (TPSA) is 46.2 Å². The Morgan fingerprint density at radius 3 is 0.875 bits per heavy atom. The first-order chi connectivity index (χ1) is 7.38. The molecule has 0 aliphatic heterocycles. The molecule has 0 aromatic heterocycles. The average molecular weight is 352 g/mol. The van der Waals surface area contributed by atoms with Crippen LogP contribution in [-0.2, 0) is 0 Å². The normalized spacial score (nSPS) is 43.5. The zero-order valence-electron chi connectivity index (χ0n) is 8.17. The summed E-state index contributed by atoms with van der Waals surface area (Å²) in [5.41, 5.74) is 4.78. The van der Waals surface area contributed by atoms with Crippen LogP contribution in [0.15, 0.2) is 0 Å². The van der Waals surface area contributed by atoms with E-state index in [4.69, 9.17) is 80.4 Å². The standard InChI is InChI=1S/C6H6Cl6.C2H7NO/c7-1-2(8)4(10)6(12)5(11)3(1)9;3-1-2-4/h1-6H;4H,1-3H2. The number of halogens is 6. The molecule has 0 saturated heterocycles. The van der Waals surface area contributed by atoms with Gasteiger partial charge in [0.1, 0.15) is 0 Å². The van der Waals surface area contributed by atoms with Gasteiger partial charge in [-0.25, -0.2) is 0 Å². The lowest BCUT2D eigenvalue weighted by Crippen LogP contribution is -2.52. The lowest BCUT2D eigenvalue weighted by Gasteiger charge is -2.37. The quantitative estimate of drug-likeness (QED) is 0.713. The lowest BCUT2D eigenvalue weighted by atomic mass is 9.97. The minimum Gasteiger partial charge on any atom is -0.395 e. The fraction of sp³-hybridized carbons (Fsp3) is 1.00. The van der Waals surface area contributed by atoms with Gasteiger partial charge in [-0.2, -0.15) is 0 Å². The van der Waals surface area contributed by atoms with E-state index in [1.54, 1.807) is 0 Å². The summed E-state index contributed by atoms with van der Waals surface area (Å²) in [7, 11) is 0. The minimum absolute atomic E-state index is 0.0972. The Kier molecular flexibility index (Phi) is 9.61. The van der Waals surface area contributed by atoms with Crippen molar-refractivity contribution < 1.29 is 5.11 Å². The summed E-state index contributed by atoms with van der Waals surface area (Å²) in [5.74, 6) is 0. The molecule has 2 nitrogen and oxygen atoms in total. The molecule has 0 aromatic carbocycles. The molecule has 1 rings (SSSR count). The second kappa shape index (κ2) is 8.71. The zero-order valence-corrected chi connectivity index (χ0v) is 12.7. The highest BCUT2D eigenvalue weighted by Crippen LogP contribution is 2.39. The Bertz CT molecular complexity index is 137. The molecule has 98 valence electrons. The highest BCUT2D eigenvalue weighted by molar-refractivity contribution is 6.45. The van der Waals surface area contributed by atoms with Crippen molar-refractivity contribution in [3.8, 4) is 0 Å². The van der Waals surface area contributed by atoms with E-state index in [0.717, 1.165) is 0 Å². The molecule has 0 bridgehead atoms. The molecule has 1 aliphatic rings. The maximum absolute atomic E-state index is 7.75. The van der Waals surface area contributed by atoms with Crippen LogP contribution in [0.5, 0.6) is 0 Å². The molecule has 0 amide bonds. The summed E-state index contributed by atoms with van der Waals surface area (Å²) >= 11 is 35.3. The number of rotatable bonds is 1. The summed E-state index contributed by atoms with van der Waals surface area (Å²) in [6, 6.07) is 0. The fourth-order valence-electron chi connectivity index (χ4n) is 1.05. The predicted molar refractivity (Wildman–Crippen MR) is 74.0 cm³/mol. The van der Waals surface area contributed by atoms with Gasteiger partial charge in [-0.3, -0.25) is 0 Å². The van der Waals surface area contributed by atoms with Gasteiger partial charge >= 0.3 is 0 Å². The second-order valence-corrected chi connectivity index (χ2v) is 6.20. The van der Waals surface area contributed by atoms with Crippen LogP contribution in [0.25, 0.3) is 0 Å². The van der Waals surface area contributed by atoms with Crippen molar-refractivity contribution in [2.45, 2.75) is 32.3 Å². The lowest BCUT2D eigenvalue weighted by molar-refractivity contribution is 0.306. The van der Waals surface area contributed by atoms with Crippen molar-refractivity contribution in [1.29, 1.82) is 0 Å². The Morgan fingerprint density at radius 2 is 0.812 bits per heavy atom.